The summed E-state index contributed by atoms with van der Waals surface area (Å²) in [4.78, 5) is 1.98. The van der Waals surface area contributed by atoms with Gasteiger partial charge in [0.2, 0.25) is 0 Å². The van der Waals surface area contributed by atoms with Gasteiger partial charge in [-0.1, -0.05) is 19.2 Å². The maximum atomic E-state index is 3.64. The van der Waals surface area contributed by atoms with Crippen LogP contribution >= 0.6 is 0 Å². The molecule has 0 aromatic heterocycles. The standard InChI is InChI=1S/C8H13N/c1-5-7-8(6-2)9(3)4/h5-7H,1-2H2,3-4H3/b8-7+. The van der Waals surface area contributed by atoms with Gasteiger partial charge in [-0.15, -0.1) is 0 Å². The average molecular weight is 123 g/mol. The van der Waals surface area contributed by atoms with E-state index in [0.29, 0.717) is 0 Å². The van der Waals surface area contributed by atoms with Crippen molar-refractivity contribution in [2.24, 2.45) is 0 Å². The lowest BCUT2D eigenvalue weighted by atomic mass is 10.3. The van der Waals surface area contributed by atoms with Crippen molar-refractivity contribution in [3.63, 3.8) is 0 Å². The van der Waals surface area contributed by atoms with E-state index in [-0.39, 0.29) is 0 Å². The zero-order valence-corrected chi connectivity index (χ0v) is 6.09. The first-order chi connectivity index (χ1) is 4.22. The molecule has 0 atom stereocenters. The van der Waals surface area contributed by atoms with Gasteiger partial charge in [0.1, 0.15) is 0 Å². The van der Waals surface area contributed by atoms with Gasteiger partial charge in [0.25, 0.3) is 0 Å². The number of hydrogen-bond acceptors (Lipinski definition) is 1. The van der Waals surface area contributed by atoms with Gasteiger partial charge in [0.15, 0.2) is 0 Å². The van der Waals surface area contributed by atoms with Crippen molar-refractivity contribution < 1.29 is 0 Å². The first kappa shape index (κ1) is 8.02. The molecule has 0 radical (unpaired) electrons. The molecule has 1 nitrogen and oxygen atoms in total. The van der Waals surface area contributed by atoms with Crippen LogP contribution in [-0.4, -0.2) is 19.0 Å². The molecule has 1 heteroatoms. The minimum Gasteiger partial charge on any atom is -0.378 e. The smallest absolute Gasteiger partial charge is 0.0354 e. The lowest BCUT2D eigenvalue weighted by Crippen LogP contribution is -2.08. The molecule has 0 aliphatic carbocycles. The molecular weight excluding hydrogens is 110 g/mol. The van der Waals surface area contributed by atoms with Crippen molar-refractivity contribution in [2.75, 3.05) is 14.1 Å². The van der Waals surface area contributed by atoms with Gasteiger partial charge in [-0.25, -0.2) is 0 Å². The van der Waals surface area contributed by atoms with E-state index in [4.69, 9.17) is 0 Å². The maximum absolute atomic E-state index is 3.64. The Morgan fingerprint density at radius 3 is 2.00 bits per heavy atom. The van der Waals surface area contributed by atoms with Crippen LogP contribution in [0.3, 0.4) is 0 Å². The Kier molecular flexibility index (Phi) is 3.52. The largest absolute Gasteiger partial charge is 0.378 e. The van der Waals surface area contributed by atoms with E-state index in [9.17, 15) is 0 Å². The normalized spacial score (nSPS) is 10.7. The Labute approximate surface area is 57.0 Å². The van der Waals surface area contributed by atoms with Crippen LogP contribution in [0.5, 0.6) is 0 Å². The molecule has 0 aliphatic heterocycles. The molecule has 0 fully saturated rings. The van der Waals surface area contributed by atoms with Crippen molar-refractivity contribution in [1.82, 2.24) is 4.90 Å². The molecule has 0 aliphatic rings. The third-order valence-corrected chi connectivity index (χ3v) is 1.01. The van der Waals surface area contributed by atoms with Gasteiger partial charge < -0.3 is 4.90 Å². The zero-order valence-electron chi connectivity index (χ0n) is 6.09. The molecule has 50 valence electrons. The highest BCUT2D eigenvalue weighted by atomic mass is 15.1. The van der Waals surface area contributed by atoms with Gasteiger partial charge in [0, 0.05) is 19.8 Å². The van der Waals surface area contributed by atoms with Crippen LogP contribution in [0.4, 0.5) is 0 Å². The molecule has 9 heavy (non-hydrogen) atoms. The molecule has 0 saturated carbocycles. The van der Waals surface area contributed by atoms with E-state index in [1.165, 1.54) is 0 Å². The number of hydrogen-bond donors (Lipinski definition) is 0. The number of rotatable bonds is 3. The van der Waals surface area contributed by atoms with E-state index in [1.54, 1.807) is 12.2 Å². The predicted molar refractivity (Wildman–Crippen MR) is 42.2 cm³/mol. The fourth-order valence-corrected chi connectivity index (χ4v) is 0.520. The molecule has 0 spiro atoms. The Morgan fingerprint density at radius 2 is 1.89 bits per heavy atom. The molecule has 0 rings (SSSR count). The third kappa shape index (κ3) is 2.75. The minimum absolute atomic E-state index is 1.07. The van der Waals surface area contributed by atoms with Crippen LogP contribution < -0.4 is 0 Å². The van der Waals surface area contributed by atoms with Gasteiger partial charge in [-0.2, -0.15) is 0 Å². The summed E-state index contributed by atoms with van der Waals surface area (Å²) in [5.41, 5.74) is 1.07. The third-order valence-electron chi connectivity index (χ3n) is 1.01. The summed E-state index contributed by atoms with van der Waals surface area (Å²) >= 11 is 0. The van der Waals surface area contributed by atoms with Crippen LogP contribution in [0.1, 0.15) is 0 Å². The fraction of sp³-hybridized carbons (Fsp3) is 0.250. The van der Waals surface area contributed by atoms with Crippen molar-refractivity contribution in [3.8, 4) is 0 Å². The van der Waals surface area contributed by atoms with Gasteiger partial charge >= 0.3 is 0 Å². The first-order valence-corrected chi connectivity index (χ1v) is 2.85. The molecule has 0 saturated heterocycles. The monoisotopic (exact) mass is 123 g/mol. The summed E-state index contributed by atoms with van der Waals surface area (Å²) in [6.07, 6.45) is 5.45. The molecule has 0 bridgehead atoms. The second-order valence-electron chi connectivity index (χ2n) is 1.93. The molecule has 0 amide bonds. The van der Waals surface area contributed by atoms with Crippen molar-refractivity contribution in [2.45, 2.75) is 0 Å². The fourth-order valence-electron chi connectivity index (χ4n) is 0.520. The molecule has 0 heterocycles. The summed E-state index contributed by atoms with van der Waals surface area (Å²) < 4.78 is 0. The van der Waals surface area contributed by atoms with Crippen molar-refractivity contribution in [3.05, 3.63) is 37.1 Å². The Balaban J connectivity index is 4.13. The summed E-state index contributed by atoms with van der Waals surface area (Å²) in [7, 11) is 3.94. The van der Waals surface area contributed by atoms with Gasteiger partial charge in [-0.05, 0) is 12.2 Å². The van der Waals surface area contributed by atoms with Crippen LogP contribution in [0, 0.1) is 0 Å². The van der Waals surface area contributed by atoms with Crippen LogP contribution in [0.15, 0.2) is 37.1 Å². The quantitative estimate of drug-likeness (QED) is 0.517. The van der Waals surface area contributed by atoms with E-state index >= 15 is 0 Å². The summed E-state index contributed by atoms with van der Waals surface area (Å²) in [5, 5.41) is 0. The molecule has 0 unspecified atom stereocenters. The highest BCUT2D eigenvalue weighted by molar-refractivity contribution is 5.18. The molecule has 0 aromatic rings. The van der Waals surface area contributed by atoms with Crippen LogP contribution in [0.2, 0.25) is 0 Å². The van der Waals surface area contributed by atoms with E-state index < -0.39 is 0 Å². The average Bonchev–Trinajstić information content (AvgIpc) is 1.82. The molecule has 0 N–H and O–H groups in total. The number of likely N-dealkylation sites (N-methyl/N-ethyl adjacent to an activating group) is 1. The van der Waals surface area contributed by atoms with E-state index in [2.05, 4.69) is 13.2 Å². The van der Waals surface area contributed by atoms with Crippen LogP contribution in [-0.2, 0) is 0 Å². The predicted octanol–water partition coefficient (Wildman–Crippen LogP) is 1.80. The van der Waals surface area contributed by atoms with Gasteiger partial charge in [-0.3, -0.25) is 0 Å². The highest BCUT2D eigenvalue weighted by Gasteiger charge is 1.87. The number of nitrogens with zero attached hydrogens (tertiary/aromatic N) is 1. The first-order valence-electron chi connectivity index (χ1n) is 2.85. The molecule has 0 aromatic carbocycles. The van der Waals surface area contributed by atoms with Gasteiger partial charge in [0.05, 0.1) is 0 Å². The SMILES string of the molecule is C=C/C=C(\C=C)N(C)C. The Morgan fingerprint density at radius 1 is 1.33 bits per heavy atom. The topological polar surface area (TPSA) is 3.24 Å². The molecular formula is C8H13N. The Bertz CT molecular complexity index is 132. The second kappa shape index (κ2) is 3.96. The van der Waals surface area contributed by atoms with Crippen molar-refractivity contribution in [1.29, 1.82) is 0 Å². The zero-order chi connectivity index (χ0) is 7.28. The summed E-state index contributed by atoms with van der Waals surface area (Å²) in [5.74, 6) is 0. The Hall–Kier alpha value is -0.980. The number of allylic oxidation sites excluding steroid dienone is 3. The lowest BCUT2D eigenvalue weighted by molar-refractivity contribution is 0.530. The summed E-state index contributed by atoms with van der Waals surface area (Å²) in [6.45, 7) is 7.22. The summed E-state index contributed by atoms with van der Waals surface area (Å²) in [6, 6.07) is 0. The van der Waals surface area contributed by atoms with Crippen LogP contribution in [0.25, 0.3) is 0 Å². The van der Waals surface area contributed by atoms with E-state index in [0.717, 1.165) is 5.70 Å². The lowest BCUT2D eigenvalue weighted by Gasteiger charge is -2.11. The minimum atomic E-state index is 1.07. The van der Waals surface area contributed by atoms with Crippen molar-refractivity contribution >= 4 is 0 Å². The highest BCUT2D eigenvalue weighted by Crippen LogP contribution is 1.97. The van der Waals surface area contributed by atoms with E-state index in [1.807, 2.05) is 25.1 Å². The second-order valence-corrected chi connectivity index (χ2v) is 1.93. The maximum Gasteiger partial charge on any atom is 0.0354 e.